The van der Waals surface area contributed by atoms with E-state index in [4.69, 9.17) is 4.52 Å². The highest BCUT2D eigenvalue weighted by Gasteiger charge is 2.17. The Bertz CT molecular complexity index is 865. The molecule has 0 spiro atoms. The topological polar surface area (TPSA) is 72.2 Å². The lowest BCUT2D eigenvalue weighted by molar-refractivity contribution is 0.448. The van der Waals surface area contributed by atoms with Gasteiger partial charge in [0, 0.05) is 21.7 Å². The summed E-state index contributed by atoms with van der Waals surface area (Å²) in [4.78, 5) is 2.15. The van der Waals surface area contributed by atoms with Gasteiger partial charge >= 0.3 is 0 Å². The Hall–Kier alpha value is -1.70. The maximum Gasteiger partial charge on any atom is 0.217 e. The molecule has 3 aromatic rings. The molecule has 7 heteroatoms. The van der Waals surface area contributed by atoms with E-state index in [1.165, 1.54) is 0 Å². The maximum atomic E-state index is 12.1. The van der Waals surface area contributed by atoms with Gasteiger partial charge in [-0.2, -0.15) is 0 Å². The van der Waals surface area contributed by atoms with E-state index in [9.17, 15) is 8.42 Å². The molecule has 0 saturated carbocycles. The minimum Gasteiger partial charge on any atom is -0.356 e. The molecule has 0 bridgehead atoms. The first-order valence-corrected chi connectivity index (χ1v) is 8.86. The molecule has 0 aliphatic rings. The zero-order chi connectivity index (χ0) is 14.9. The van der Waals surface area contributed by atoms with Crippen molar-refractivity contribution in [1.82, 2.24) is 9.88 Å². The Kier molecular flexibility index (Phi) is 3.79. The second-order valence-corrected chi connectivity index (χ2v) is 7.90. The van der Waals surface area contributed by atoms with E-state index in [0.29, 0.717) is 17.8 Å². The highest BCUT2D eigenvalue weighted by molar-refractivity contribution is 7.88. The van der Waals surface area contributed by atoms with Crippen LogP contribution in [0.1, 0.15) is 15.4 Å². The lowest BCUT2D eigenvalue weighted by atomic mass is 10.2. The fourth-order valence-electron chi connectivity index (χ4n) is 2.03. The number of hydrogen-bond acceptors (Lipinski definition) is 5. The number of para-hydroxylation sites is 1. The first-order chi connectivity index (χ1) is 10.0. The van der Waals surface area contributed by atoms with Gasteiger partial charge in [0.1, 0.15) is 11.4 Å². The van der Waals surface area contributed by atoms with Crippen LogP contribution in [-0.4, -0.2) is 13.6 Å². The van der Waals surface area contributed by atoms with Crippen LogP contribution in [0.25, 0.3) is 11.0 Å². The average molecular weight is 322 g/mol. The molecule has 2 aromatic heterocycles. The summed E-state index contributed by atoms with van der Waals surface area (Å²) < 4.78 is 32.0. The maximum absolute atomic E-state index is 12.1. The molecule has 0 aliphatic heterocycles. The third kappa shape index (κ3) is 3.31. The van der Waals surface area contributed by atoms with Gasteiger partial charge in [0.05, 0.1) is 0 Å². The summed E-state index contributed by atoms with van der Waals surface area (Å²) in [5.74, 6) is -0.186. The molecule has 0 atom stereocenters. The quantitative estimate of drug-likeness (QED) is 0.784. The van der Waals surface area contributed by atoms with E-state index in [0.717, 1.165) is 15.1 Å². The van der Waals surface area contributed by atoms with E-state index >= 15 is 0 Å². The highest BCUT2D eigenvalue weighted by Crippen LogP contribution is 2.20. The zero-order valence-corrected chi connectivity index (χ0v) is 13.0. The van der Waals surface area contributed by atoms with Crippen molar-refractivity contribution in [3.8, 4) is 0 Å². The van der Waals surface area contributed by atoms with Crippen molar-refractivity contribution in [2.45, 2.75) is 19.2 Å². The molecule has 0 aliphatic carbocycles. The van der Waals surface area contributed by atoms with Gasteiger partial charge in [-0.25, -0.2) is 13.1 Å². The van der Waals surface area contributed by atoms with Crippen LogP contribution in [-0.2, 0) is 22.3 Å². The molecule has 110 valence electrons. The molecule has 0 fully saturated rings. The first kappa shape index (κ1) is 14.2. The Labute approximate surface area is 126 Å². The van der Waals surface area contributed by atoms with Crippen molar-refractivity contribution in [2.75, 3.05) is 0 Å². The van der Waals surface area contributed by atoms with Crippen LogP contribution in [0.15, 0.2) is 40.9 Å². The zero-order valence-electron chi connectivity index (χ0n) is 11.4. The Morgan fingerprint density at radius 3 is 2.81 bits per heavy atom. The number of aryl methyl sites for hydroxylation is 1. The van der Waals surface area contributed by atoms with Crippen LogP contribution < -0.4 is 4.72 Å². The average Bonchev–Trinajstić information content (AvgIpc) is 3.04. The lowest BCUT2D eigenvalue weighted by Gasteiger charge is -2.03. The Morgan fingerprint density at radius 1 is 1.24 bits per heavy atom. The molecule has 21 heavy (non-hydrogen) atoms. The number of benzene rings is 1. The summed E-state index contributed by atoms with van der Waals surface area (Å²) >= 11 is 1.58. The molecule has 5 nitrogen and oxygen atoms in total. The van der Waals surface area contributed by atoms with Gasteiger partial charge in [-0.3, -0.25) is 0 Å². The molecule has 3 rings (SSSR count). The monoisotopic (exact) mass is 322 g/mol. The number of aromatic nitrogens is 1. The predicted molar refractivity (Wildman–Crippen MR) is 82.5 cm³/mol. The van der Waals surface area contributed by atoms with Crippen molar-refractivity contribution in [1.29, 1.82) is 0 Å². The summed E-state index contributed by atoms with van der Waals surface area (Å²) in [6.45, 7) is 2.29. The summed E-state index contributed by atoms with van der Waals surface area (Å²) in [6.07, 6.45) is 0. The lowest BCUT2D eigenvalue weighted by Crippen LogP contribution is -2.24. The fraction of sp³-hybridized carbons (Fsp3) is 0.214. The van der Waals surface area contributed by atoms with Crippen molar-refractivity contribution >= 4 is 32.3 Å². The SMILES string of the molecule is Cc1ccc(CNS(=O)(=O)Cc2noc3ccccc23)s1. The van der Waals surface area contributed by atoms with Crippen LogP contribution in [0.3, 0.4) is 0 Å². The van der Waals surface area contributed by atoms with Gasteiger partial charge in [-0.05, 0) is 31.2 Å². The number of nitrogens with one attached hydrogen (secondary N) is 1. The van der Waals surface area contributed by atoms with Gasteiger partial charge in [-0.1, -0.05) is 17.3 Å². The Morgan fingerprint density at radius 2 is 2.05 bits per heavy atom. The molecule has 0 unspecified atom stereocenters. The number of sulfonamides is 1. The van der Waals surface area contributed by atoms with E-state index < -0.39 is 10.0 Å². The fourth-order valence-corrected chi connectivity index (χ4v) is 4.00. The third-order valence-corrected chi connectivity index (χ3v) is 5.28. The van der Waals surface area contributed by atoms with Crippen LogP contribution in [0.4, 0.5) is 0 Å². The number of thiophene rings is 1. The largest absolute Gasteiger partial charge is 0.356 e. The summed E-state index contributed by atoms with van der Waals surface area (Å²) in [5.41, 5.74) is 1.03. The molecule has 0 amide bonds. The molecule has 0 radical (unpaired) electrons. The number of fused-ring (bicyclic) bond motifs is 1. The normalized spacial score (nSPS) is 12.0. The molecule has 1 aromatic carbocycles. The highest BCUT2D eigenvalue weighted by atomic mass is 32.2. The third-order valence-electron chi connectivity index (χ3n) is 3.04. The van der Waals surface area contributed by atoms with Crippen molar-refractivity contribution in [3.05, 3.63) is 51.8 Å². The van der Waals surface area contributed by atoms with Gasteiger partial charge < -0.3 is 4.52 Å². The van der Waals surface area contributed by atoms with Gasteiger partial charge in [0.25, 0.3) is 0 Å². The van der Waals surface area contributed by atoms with E-state index in [1.807, 2.05) is 31.2 Å². The van der Waals surface area contributed by atoms with Gasteiger partial charge in [-0.15, -0.1) is 11.3 Å². The van der Waals surface area contributed by atoms with Crippen molar-refractivity contribution in [3.63, 3.8) is 0 Å². The number of rotatable bonds is 5. The Balaban J connectivity index is 1.73. The van der Waals surface area contributed by atoms with E-state index in [-0.39, 0.29) is 5.75 Å². The van der Waals surface area contributed by atoms with Crippen LogP contribution in [0, 0.1) is 6.92 Å². The van der Waals surface area contributed by atoms with E-state index in [1.54, 1.807) is 23.5 Å². The predicted octanol–water partition coefficient (Wildman–Crippen LogP) is 2.82. The molecule has 2 heterocycles. The summed E-state index contributed by atoms with van der Waals surface area (Å²) in [5, 5.41) is 4.58. The van der Waals surface area contributed by atoms with Crippen LogP contribution in [0.2, 0.25) is 0 Å². The van der Waals surface area contributed by atoms with Crippen LogP contribution >= 0.6 is 11.3 Å². The minimum absolute atomic E-state index is 0.186. The number of nitrogens with zero attached hydrogens (tertiary/aromatic N) is 1. The second kappa shape index (κ2) is 5.59. The van der Waals surface area contributed by atoms with Gasteiger partial charge in [0.2, 0.25) is 10.0 Å². The first-order valence-electron chi connectivity index (χ1n) is 6.39. The van der Waals surface area contributed by atoms with E-state index in [2.05, 4.69) is 9.88 Å². The van der Waals surface area contributed by atoms with Crippen molar-refractivity contribution < 1.29 is 12.9 Å². The van der Waals surface area contributed by atoms with Gasteiger partial charge in [0.15, 0.2) is 5.58 Å². The van der Waals surface area contributed by atoms with Crippen LogP contribution in [0.5, 0.6) is 0 Å². The molecule has 1 N–H and O–H groups in total. The van der Waals surface area contributed by atoms with Crippen molar-refractivity contribution in [2.24, 2.45) is 0 Å². The summed E-state index contributed by atoms with van der Waals surface area (Å²) in [7, 11) is -3.45. The number of hydrogen-bond donors (Lipinski definition) is 1. The summed E-state index contributed by atoms with van der Waals surface area (Å²) in [6, 6.07) is 11.1. The molecule has 0 saturated heterocycles. The molecular weight excluding hydrogens is 308 g/mol. The minimum atomic E-state index is -3.45. The smallest absolute Gasteiger partial charge is 0.217 e. The standard InChI is InChI=1S/C14H14N2O3S2/c1-10-6-7-11(20-10)8-15-21(17,18)9-13-12-4-2-3-5-14(12)19-16-13/h2-7,15H,8-9H2,1H3. The molecular formula is C14H14N2O3S2. The second-order valence-electron chi connectivity index (χ2n) is 4.72.